The molecule has 0 spiro atoms. The first-order valence-electron chi connectivity index (χ1n) is 8.00. The minimum Gasteiger partial charge on any atom is -0.356 e. The summed E-state index contributed by atoms with van der Waals surface area (Å²) in [4.78, 5) is 7.94. The Labute approximate surface area is 162 Å². The number of guanidine groups is 1. The van der Waals surface area contributed by atoms with Gasteiger partial charge in [0.05, 0.1) is 0 Å². The molecule has 0 aliphatic heterocycles. The number of likely N-dealkylation sites (N-methyl/N-ethyl adjacent to an activating group) is 1. The normalized spacial score (nSPS) is 12.7. The van der Waals surface area contributed by atoms with Gasteiger partial charge in [-0.05, 0) is 32.5 Å². The Morgan fingerprint density at radius 2 is 1.87 bits per heavy atom. The van der Waals surface area contributed by atoms with Gasteiger partial charge in [0, 0.05) is 43.4 Å². The highest BCUT2D eigenvalue weighted by Gasteiger charge is 2.06. The topological polar surface area (TPSA) is 39.7 Å². The number of halogens is 1. The minimum atomic E-state index is 0. The summed E-state index contributed by atoms with van der Waals surface area (Å²) in [6.07, 6.45) is 1.18. The largest absolute Gasteiger partial charge is 0.356 e. The van der Waals surface area contributed by atoms with Gasteiger partial charge in [0.1, 0.15) is 0 Å². The van der Waals surface area contributed by atoms with Crippen molar-refractivity contribution in [2.45, 2.75) is 31.2 Å². The van der Waals surface area contributed by atoms with E-state index in [1.165, 1.54) is 11.3 Å². The summed E-state index contributed by atoms with van der Waals surface area (Å²) in [5, 5.41) is 6.72. The second-order valence-electron chi connectivity index (χ2n) is 5.33. The second kappa shape index (κ2) is 13.9. The van der Waals surface area contributed by atoms with Crippen LogP contribution in [0.3, 0.4) is 0 Å². The molecule has 1 unspecified atom stereocenters. The van der Waals surface area contributed by atoms with Crippen LogP contribution in [-0.4, -0.2) is 56.4 Å². The van der Waals surface area contributed by atoms with E-state index in [1.54, 1.807) is 0 Å². The van der Waals surface area contributed by atoms with Gasteiger partial charge < -0.3 is 15.5 Å². The van der Waals surface area contributed by atoms with Crippen molar-refractivity contribution in [1.29, 1.82) is 0 Å². The Morgan fingerprint density at radius 3 is 2.48 bits per heavy atom. The molecule has 1 aromatic rings. The summed E-state index contributed by atoms with van der Waals surface area (Å²) in [6.45, 7) is 7.31. The number of nitrogens with one attached hydrogen (secondary N) is 2. The van der Waals surface area contributed by atoms with E-state index in [4.69, 9.17) is 0 Å². The van der Waals surface area contributed by atoms with E-state index in [-0.39, 0.29) is 24.0 Å². The molecule has 23 heavy (non-hydrogen) atoms. The quantitative estimate of drug-likeness (QED) is 0.199. The van der Waals surface area contributed by atoms with Gasteiger partial charge in [0.15, 0.2) is 5.96 Å². The van der Waals surface area contributed by atoms with Crippen LogP contribution in [0.5, 0.6) is 0 Å². The average molecular weight is 450 g/mol. The van der Waals surface area contributed by atoms with E-state index in [9.17, 15) is 0 Å². The summed E-state index contributed by atoms with van der Waals surface area (Å²) in [6, 6.07) is 11.1. The second-order valence-corrected chi connectivity index (χ2v) is 6.49. The van der Waals surface area contributed by atoms with Crippen LogP contribution in [0.25, 0.3) is 0 Å². The van der Waals surface area contributed by atoms with Crippen molar-refractivity contribution in [3.8, 4) is 0 Å². The lowest BCUT2D eigenvalue weighted by molar-refractivity contribution is 0.255. The molecule has 6 heteroatoms. The zero-order chi connectivity index (χ0) is 16.2. The van der Waals surface area contributed by atoms with Gasteiger partial charge in [-0.3, -0.25) is 4.99 Å². The third kappa shape index (κ3) is 10.1. The Hall–Kier alpha value is -0.470. The fourth-order valence-electron chi connectivity index (χ4n) is 1.96. The summed E-state index contributed by atoms with van der Waals surface area (Å²) >= 11 is 1.86. The number of rotatable bonds is 9. The molecule has 0 bridgehead atoms. The summed E-state index contributed by atoms with van der Waals surface area (Å²) in [5.41, 5.74) is 0. The number of thioether (sulfide) groups is 1. The molecular weight excluding hydrogens is 419 g/mol. The number of nitrogens with zero attached hydrogens (tertiary/aromatic N) is 2. The lowest BCUT2D eigenvalue weighted by Gasteiger charge is -2.23. The molecule has 0 radical (unpaired) electrons. The highest BCUT2D eigenvalue weighted by Crippen LogP contribution is 2.15. The van der Waals surface area contributed by atoms with Gasteiger partial charge in [-0.2, -0.15) is 0 Å². The summed E-state index contributed by atoms with van der Waals surface area (Å²) in [7, 11) is 3.99. The Balaban J connectivity index is 0.00000484. The molecule has 0 heterocycles. The van der Waals surface area contributed by atoms with Crippen molar-refractivity contribution < 1.29 is 0 Å². The molecule has 0 fully saturated rings. The molecule has 132 valence electrons. The Kier molecular flexibility index (Phi) is 13.6. The molecule has 0 aromatic heterocycles. The molecule has 4 nitrogen and oxygen atoms in total. The maximum atomic E-state index is 4.26. The minimum absolute atomic E-state index is 0. The zero-order valence-electron chi connectivity index (χ0n) is 14.7. The highest BCUT2D eigenvalue weighted by atomic mass is 127. The first-order valence-corrected chi connectivity index (χ1v) is 8.98. The van der Waals surface area contributed by atoms with E-state index < -0.39 is 0 Å². The van der Waals surface area contributed by atoms with Crippen LogP contribution < -0.4 is 10.6 Å². The van der Waals surface area contributed by atoms with Crippen molar-refractivity contribution in [3.05, 3.63) is 30.3 Å². The van der Waals surface area contributed by atoms with Crippen molar-refractivity contribution in [2.75, 3.05) is 39.5 Å². The monoisotopic (exact) mass is 450 g/mol. The molecule has 1 rings (SSSR count). The molecule has 1 aromatic carbocycles. The maximum Gasteiger partial charge on any atom is 0.191 e. The van der Waals surface area contributed by atoms with Gasteiger partial charge in [-0.1, -0.05) is 25.1 Å². The van der Waals surface area contributed by atoms with E-state index in [2.05, 4.69) is 65.7 Å². The summed E-state index contributed by atoms with van der Waals surface area (Å²) in [5.74, 6) is 1.91. The van der Waals surface area contributed by atoms with Crippen LogP contribution in [0.4, 0.5) is 0 Å². The molecular formula is C17H31IN4S. The predicted octanol–water partition coefficient (Wildman–Crippen LogP) is 3.29. The lowest BCUT2D eigenvalue weighted by Crippen LogP contribution is -2.43. The van der Waals surface area contributed by atoms with E-state index in [0.717, 1.165) is 31.3 Å². The first kappa shape index (κ1) is 22.5. The maximum absolute atomic E-state index is 4.26. The van der Waals surface area contributed by atoms with Crippen LogP contribution in [0, 0.1) is 0 Å². The zero-order valence-corrected chi connectivity index (χ0v) is 17.9. The standard InChI is InChI=1S/C17H30N4S.HI/c1-5-15(2)21(4)13-11-19-17(18-3)20-12-14-22-16-9-7-6-8-10-16;/h6-10,15H,5,11-14H2,1-4H3,(H2,18,19,20);1H. The average Bonchev–Trinajstić information content (AvgIpc) is 2.56. The fraction of sp³-hybridized carbons (Fsp3) is 0.588. The molecule has 1 atom stereocenters. The Morgan fingerprint density at radius 1 is 1.22 bits per heavy atom. The number of benzene rings is 1. The van der Waals surface area contributed by atoms with E-state index >= 15 is 0 Å². The predicted molar refractivity (Wildman–Crippen MR) is 114 cm³/mol. The van der Waals surface area contributed by atoms with Gasteiger partial charge in [0.25, 0.3) is 0 Å². The molecule has 0 saturated heterocycles. The van der Waals surface area contributed by atoms with E-state index in [1.807, 2.05) is 24.9 Å². The van der Waals surface area contributed by atoms with Gasteiger partial charge in [-0.15, -0.1) is 35.7 Å². The third-order valence-corrected chi connectivity index (χ3v) is 4.74. The van der Waals surface area contributed by atoms with Crippen LogP contribution in [0.15, 0.2) is 40.2 Å². The van der Waals surface area contributed by atoms with Crippen LogP contribution in [0.2, 0.25) is 0 Å². The first-order chi connectivity index (χ1) is 10.7. The molecule has 0 aliphatic carbocycles. The highest BCUT2D eigenvalue weighted by molar-refractivity contribution is 14.0. The number of hydrogen-bond acceptors (Lipinski definition) is 3. The lowest BCUT2D eigenvalue weighted by atomic mass is 10.2. The van der Waals surface area contributed by atoms with Crippen molar-refractivity contribution in [2.24, 2.45) is 4.99 Å². The van der Waals surface area contributed by atoms with E-state index in [0.29, 0.717) is 6.04 Å². The summed E-state index contributed by atoms with van der Waals surface area (Å²) < 4.78 is 0. The molecule has 0 amide bonds. The number of aliphatic imine (C=N–C) groups is 1. The SMILES string of the molecule is CCC(C)N(C)CCNC(=NC)NCCSc1ccccc1.I. The Bertz CT molecular complexity index is 428. The van der Waals surface area contributed by atoms with Crippen LogP contribution >= 0.6 is 35.7 Å². The van der Waals surface area contributed by atoms with Gasteiger partial charge in [-0.25, -0.2) is 0 Å². The van der Waals surface area contributed by atoms with Crippen LogP contribution in [0.1, 0.15) is 20.3 Å². The van der Waals surface area contributed by atoms with Crippen molar-refractivity contribution in [1.82, 2.24) is 15.5 Å². The molecule has 0 saturated carbocycles. The smallest absolute Gasteiger partial charge is 0.191 e. The number of hydrogen-bond donors (Lipinski definition) is 2. The van der Waals surface area contributed by atoms with Gasteiger partial charge in [0.2, 0.25) is 0 Å². The van der Waals surface area contributed by atoms with Gasteiger partial charge >= 0.3 is 0 Å². The fourth-order valence-corrected chi connectivity index (χ4v) is 2.75. The third-order valence-electron chi connectivity index (χ3n) is 3.73. The van der Waals surface area contributed by atoms with Crippen molar-refractivity contribution in [3.63, 3.8) is 0 Å². The molecule has 2 N–H and O–H groups in total. The van der Waals surface area contributed by atoms with Crippen molar-refractivity contribution >= 4 is 41.7 Å². The molecule has 0 aliphatic rings. The van der Waals surface area contributed by atoms with Crippen LogP contribution in [-0.2, 0) is 0 Å².